The van der Waals surface area contributed by atoms with Crippen LogP contribution in [0, 0.1) is 0 Å². The first kappa shape index (κ1) is 24.6. The van der Waals surface area contributed by atoms with Crippen molar-refractivity contribution in [2.75, 3.05) is 19.7 Å². The minimum absolute atomic E-state index is 0.0221. The summed E-state index contributed by atoms with van der Waals surface area (Å²) in [7, 11) is 0. The van der Waals surface area contributed by atoms with E-state index in [-0.39, 0.29) is 17.6 Å². The van der Waals surface area contributed by atoms with E-state index in [1.54, 1.807) is 18.5 Å². The van der Waals surface area contributed by atoms with E-state index in [1.165, 1.54) is 0 Å². The number of ether oxygens (including phenoxy) is 2. The SMILES string of the molecule is O=C(O)C(F)(F)F.O=C(c1ccccn1)N1CCC[C@]2(C[C@@H](OCc3ccccn3)CO2)C1. The van der Waals surface area contributed by atoms with Gasteiger partial charge in [0.1, 0.15) is 5.69 Å². The van der Waals surface area contributed by atoms with Crippen molar-refractivity contribution < 1.29 is 37.3 Å². The van der Waals surface area contributed by atoms with Crippen LogP contribution in [0.15, 0.2) is 48.8 Å². The molecule has 0 bridgehead atoms. The number of halogens is 3. The number of aliphatic carboxylic acids is 1. The summed E-state index contributed by atoms with van der Waals surface area (Å²) in [4.78, 5) is 31.9. The van der Waals surface area contributed by atoms with Crippen LogP contribution in [0.1, 0.15) is 35.4 Å². The van der Waals surface area contributed by atoms with Crippen LogP contribution in [0.2, 0.25) is 0 Å². The maximum absolute atomic E-state index is 12.7. The lowest BCUT2D eigenvalue weighted by atomic mass is 9.89. The Balaban J connectivity index is 0.000000383. The van der Waals surface area contributed by atoms with Crippen molar-refractivity contribution in [3.63, 3.8) is 0 Å². The van der Waals surface area contributed by atoms with E-state index in [4.69, 9.17) is 19.4 Å². The summed E-state index contributed by atoms with van der Waals surface area (Å²) in [6, 6.07) is 11.2. The summed E-state index contributed by atoms with van der Waals surface area (Å²) in [6.45, 7) is 2.41. The molecule has 0 saturated carbocycles. The van der Waals surface area contributed by atoms with Crippen molar-refractivity contribution in [3.8, 4) is 0 Å². The van der Waals surface area contributed by atoms with E-state index in [0.717, 1.165) is 31.5 Å². The topological polar surface area (TPSA) is 102 Å². The minimum Gasteiger partial charge on any atom is -0.475 e. The third kappa shape index (κ3) is 6.96. The highest BCUT2D eigenvalue weighted by atomic mass is 19.4. The molecule has 11 heteroatoms. The largest absolute Gasteiger partial charge is 0.490 e. The predicted molar refractivity (Wildman–Crippen MR) is 109 cm³/mol. The lowest BCUT2D eigenvalue weighted by molar-refractivity contribution is -0.192. The van der Waals surface area contributed by atoms with Crippen molar-refractivity contribution in [1.29, 1.82) is 0 Å². The standard InChI is InChI=1S/C20H23N3O3.C2HF3O2/c24-19(18-7-2-4-10-22-18)23-11-5-8-20(15-23)12-17(14-26-20)25-13-16-6-1-3-9-21-16;3-2(4,5)1(6)7/h1-4,6-7,9-10,17H,5,8,11-15H2;(H,6,7)/t17-,20+;/m1./s1. The molecule has 2 saturated heterocycles. The second kappa shape index (κ2) is 10.7. The number of carbonyl (C=O) groups is 2. The molecule has 2 aromatic heterocycles. The molecule has 33 heavy (non-hydrogen) atoms. The van der Waals surface area contributed by atoms with Crippen LogP contribution in [0.4, 0.5) is 13.2 Å². The Bertz CT molecular complexity index is 930. The number of hydrogen-bond donors (Lipinski definition) is 1. The Morgan fingerprint density at radius 2 is 1.88 bits per heavy atom. The summed E-state index contributed by atoms with van der Waals surface area (Å²) >= 11 is 0. The Hall–Kier alpha value is -3.05. The maximum atomic E-state index is 12.7. The lowest BCUT2D eigenvalue weighted by Crippen LogP contribution is -2.50. The Labute approximate surface area is 188 Å². The first-order valence-electron chi connectivity index (χ1n) is 10.3. The summed E-state index contributed by atoms with van der Waals surface area (Å²) in [5, 5.41) is 7.12. The quantitative estimate of drug-likeness (QED) is 0.737. The molecular weight excluding hydrogens is 443 g/mol. The second-order valence-corrected chi connectivity index (χ2v) is 7.80. The van der Waals surface area contributed by atoms with Gasteiger partial charge < -0.3 is 19.5 Å². The molecule has 1 spiro atoms. The van der Waals surface area contributed by atoms with E-state index in [1.807, 2.05) is 35.2 Å². The van der Waals surface area contributed by atoms with Gasteiger partial charge in [0, 0.05) is 25.4 Å². The van der Waals surface area contributed by atoms with Crippen LogP contribution in [-0.2, 0) is 20.9 Å². The van der Waals surface area contributed by atoms with E-state index >= 15 is 0 Å². The van der Waals surface area contributed by atoms with Gasteiger partial charge in [0.05, 0.1) is 37.2 Å². The Morgan fingerprint density at radius 3 is 2.48 bits per heavy atom. The van der Waals surface area contributed by atoms with E-state index in [9.17, 15) is 18.0 Å². The number of likely N-dealkylation sites (tertiary alicyclic amines) is 1. The minimum atomic E-state index is -5.08. The van der Waals surface area contributed by atoms with Crippen LogP contribution in [-0.4, -0.2) is 69.4 Å². The van der Waals surface area contributed by atoms with Gasteiger partial charge in [0.25, 0.3) is 5.91 Å². The molecule has 0 unspecified atom stereocenters. The summed E-state index contributed by atoms with van der Waals surface area (Å²) in [5.41, 5.74) is 1.12. The molecule has 0 aromatic carbocycles. The molecule has 4 rings (SSSR count). The number of pyridine rings is 2. The third-order valence-electron chi connectivity index (χ3n) is 5.32. The van der Waals surface area contributed by atoms with E-state index in [2.05, 4.69) is 9.97 Å². The van der Waals surface area contributed by atoms with Crippen molar-refractivity contribution in [1.82, 2.24) is 14.9 Å². The molecule has 0 radical (unpaired) electrons. The van der Waals surface area contributed by atoms with Crippen LogP contribution < -0.4 is 0 Å². The lowest BCUT2D eigenvalue weighted by Gasteiger charge is -2.39. The van der Waals surface area contributed by atoms with Gasteiger partial charge in [0.2, 0.25) is 0 Å². The van der Waals surface area contributed by atoms with Crippen molar-refractivity contribution in [2.45, 2.75) is 43.8 Å². The number of piperidine rings is 1. The van der Waals surface area contributed by atoms with E-state index in [0.29, 0.717) is 25.5 Å². The van der Waals surface area contributed by atoms with Crippen molar-refractivity contribution >= 4 is 11.9 Å². The zero-order chi connectivity index (χ0) is 23.9. The molecule has 1 amide bonds. The molecule has 8 nitrogen and oxygen atoms in total. The monoisotopic (exact) mass is 467 g/mol. The van der Waals surface area contributed by atoms with Crippen LogP contribution >= 0.6 is 0 Å². The number of carboxylic acid groups (broad SMARTS) is 1. The van der Waals surface area contributed by atoms with Crippen LogP contribution in [0.5, 0.6) is 0 Å². The molecule has 2 fully saturated rings. The van der Waals surface area contributed by atoms with E-state index < -0.39 is 12.1 Å². The first-order chi connectivity index (χ1) is 15.7. The number of aromatic nitrogens is 2. The smallest absolute Gasteiger partial charge is 0.475 e. The second-order valence-electron chi connectivity index (χ2n) is 7.80. The summed E-state index contributed by atoms with van der Waals surface area (Å²) in [6.07, 6.45) is 1.09. The molecule has 2 atom stereocenters. The fourth-order valence-electron chi connectivity index (χ4n) is 3.80. The zero-order valence-corrected chi connectivity index (χ0v) is 17.7. The number of carboxylic acids is 1. The average molecular weight is 467 g/mol. The van der Waals surface area contributed by atoms with Crippen LogP contribution in [0.25, 0.3) is 0 Å². The number of rotatable bonds is 4. The molecule has 178 valence electrons. The van der Waals surface area contributed by atoms with Gasteiger partial charge in [-0.1, -0.05) is 12.1 Å². The maximum Gasteiger partial charge on any atom is 0.490 e. The Morgan fingerprint density at radius 1 is 1.18 bits per heavy atom. The van der Waals surface area contributed by atoms with Crippen molar-refractivity contribution in [2.24, 2.45) is 0 Å². The van der Waals surface area contributed by atoms with Gasteiger partial charge in [0.15, 0.2) is 0 Å². The number of nitrogens with zero attached hydrogens (tertiary/aromatic N) is 3. The highest BCUT2D eigenvalue weighted by Crippen LogP contribution is 2.36. The molecular formula is C22H24F3N3O5. The normalized spacial score (nSPS) is 22.5. The number of alkyl halides is 3. The highest BCUT2D eigenvalue weighted by Gasteiger charge is 2.45. The fraction of sp³-hybridized carbons (Fsp3) is 0.455. The fourth-order valence-corrected chi connectivity index (χ4v) is 3.80. The van der Waals surface area contributed by atoms with Crippen molar-refractivity contribution in [3.05, 3.63) is 60.2 Å². The third-order valence-corrected chi connectivity index (χ3v) is 5.32. The van der Waals surface area contributed by atoms with Gasteiger partial charge in [-0.05, 0) is 37.1 Å². The zero-order valence-electron chi connectivity index (χ0n) is 17.7. The highest BCUT2D eigenvalue weighted by molar-refractivity contribution is 5.92. The van der Waals surface area contributed by atoms with Crippen LogP contribution in [0.3, 0.4) is 0 Å². The first-order valence-corrected chi connectivity index (χ1v) is 10.3. The summed E-state index contributed by atoms with van der Waals surface area (Å²) in [5.74, 6) is -2.78. The average Bonchev–Trinajstić information content (AvgIpc) is 3.20. The van der Waals surface area contributed by atoms with Gasteiger partial charge in [-0.15, -0.1) is 0 Å². The molecule has 2 aliphatic rings. The molecule has 1 N–H and O–H groups in total. The van der Waals surface area contributed by atoms with Gasteiger partial charge in [-0.2, -0.15) is 13.2 Å². The molecule has 0 aliphatic carbocycles. The number of amides is 1. The predicted octanol–water partition coefficient (Wildman–Crippen LogP) is 3.09. The van der Waals surface area contributed by atoms with Gasteiger partial charge in [-0.3, -0.25) is 14.8 Å². The molecule has 2 aromatic rings. The number of carbonyl (C=O) groups excluding carboxylic acids is 1. The molecule has 2 aliphatic heterocycles. The number of hydrogen-bond acceptors (Lipinski definition) is 6. The molecule has 4 heterocycles. The van der Waals surface area contributed by atoms with Gasteiger partial charge in [-0.25, -0.2) is 4.79 Å². The Kier molecular flexibility index (Phi) is 7.98. The van der Waals surface area contributed by atoms with Gasteiger partial charge >= 0.3 is 12.1 Å². The summed E-state index contributed by atoms with van der Waals surface area (Å²) < 4.78 is 43.9.